The minimum absolute atomic E-state index is 0.370. The fourth-order valence-corrected chi connectivity index (χ4v) is 3.10. The molecule has 0 bridgehead atoms. The normalized spacial score (nSPS) is 30.4. The minimum Gasteiger partial charge on any atom is -0.481 e. The summed E-state index contributed by atoms with van der Waals surface area (Å²) in [6.07, 6.45) is 11.5. The maximum Gasteiger partial charge on any atom is 0.309 e. The fourth-order valence-electron chi connectivity index (χ4n) is 3.10. The first-order valence-corrected chi connectivity index (χ1v) is 5.64. The predicted octanol–water partition coefficient (Wildman–Crippen LogP) is 2.99. The molecule has 0 heterocycles. The van der Waals surface area contributed by atoms with Gasteiger partial charge in [-0.3, -0.25) is 4.79 Å². The van der Waals surface area contributed by atoms with E-state index in [0.29, 0.717) is 5.92 Å². The largest absolute Gasteiger partial charge is 0.481 e. The number of hydrogen-bond acceptors (Lipinski definition) is 1. The third-order valence-corrected chi connectivity index (χ3v) is 3.97. The molecule has 0 aromatic carbocycles. The van der Waals surface area contributed by atoms with Gasteiger partial charge < -0.3 is 5.11 Å². The van der Waals surface area contributed by atoms with E-state index in [-0.39, 0.29) is 5.41 Å². The molecule has 2 rings (SSSR count). The molecule has 2 nitrogen and oxygen atoms in total. The summed E-state index contributed by atoms with van der Waals surface area (Å²) in [6.45, 7) is 0. The highest BCUT2D eigenvalue weighted by Crippen LogP contribution is 2.48. The van der Waals surface area contributed by atoms with E-state index in [0.717, 1.165) is 44.9 Å². The fraction of sp³-hybridized carbons (Fsp3) is 0.750. The lowest BCUT2D eigenvalue weighted by molar-refractivity contribution is -0.152. The minimum atomic E-state index is -0.546. The highest BCUT2D eigenvalue weighted by molar-refractivity contribution is 5.75. The molecular formula is C12H18O2. The molecule has 1 atom stereocenters. The van der Waals surface area contributed by atoms with Crippen LogP contribution in [0.4, 0.5) is 0 Å². The van der Waals surface area contributed by atoms with Crippen molar-refractivity contribution < 1.29 is 9.90 Å². The summed E-state index contributed by atoms with van der Waals surface area (Å²) in [7, 11) is 0. The summed E-state index contributed by atoms with van der Waals surface area (Å²) >= 11 is 0. The van der Waals surface area contributed by atoms with Gasteiger partial charge in [0.25, 0.3) is 0 Å². The number of rotatable bonds is 2. The smallest absolute Gasteiger partial charge is 0.309 e. The molecule has 2 aliphatic carbocycles. The second kappa shape index (κ2) is 3.76. The van der Waals surface area contributed by atoms with Gasteiger partial charge in [-0.25, -0.2) is 0 Å². The molecule has 0 spiro atoms. The van der Waals surface area contributed by atoms with Crippen molar-refractivity contribution in [3.63, 3.8) is 0 Å². The van der Waals surface area contributed by atoms with Crippen LogP contribution in [0, 0.1) is 11.3 Å². The monoisotopic (exact) mass is 194 g/mol. The van der Waals surface area contributed by atoms with Gasteiger partial charge in [0.2, 0.25) is 0 Å². The number of aliphatic carboxylic acids is 1. The van der Waals surface area contributed by atoms with E-state index in [2.05, 4.69) is 12.2 Å². The lowest BCUT2D eigenvalue weighted by Gasteiger charge is -2.34. The molecule has 0 aliphatic heterocycles. The lowest BCUT2D eigenvalue weighted by Crippen LogP contribution is -2.36. The third kappa shape index (κ3) is 1.47. The molecule has 0 amide bonds. The molecule has 1 N–H and O–H groups in total. The van der Waals surface area contributed by atoms with E-state index < -0.39 is 5.97 Å². The molecule has 78 valence electrons. The molecule has 0 aromatic rings. The van der Waals surface area contributed by atoms with Crippen LogP contribution in [0.1, 0.15) is 44.9 Å². The van der Waals surface area contributed by atoms with E-state index in [1.807, 2.05) is 0 Å². The number of carboxylic acids is 1. The van der Waals surface area contributed by atoms with Crippen LogP contribution in [-0.2, 0) is 4.79 Å². The first-order chi connectivity index (χ1) is 6.76. The standard InChI is InChI=1S/C12H18O2/c13-11(14)12(8-4-5-9-12)10-6-2-1-3-7-10/h1-2,10H,3-9H2,(H,13,14). The summed E-state index contributed by atoms with van der Waals surface area (Å²) in [5, 5.41) is 9.39. The van der Waals surface area contributed by atoms with E-state index in [4.69, 9.17) is 0 Å². The Morgan fingerprint density at radius 3 is 2.50 bits per heavy atom. The molecule has 2 aliphatic rings. The molecule has 1 fully saturated rings. The zero-order chi connectivity index (χ0) is 10.0. The van der Waals surface area contributed by atoms with Crippen LogP contribution in [0.3, 0.4) is 0 Å². The van der Waals surface area contributed by atoms with Crippen molar-refractivity contribution >= 4 is 5.97 Å². The van der Waals surface area contributed by atoms with Crippen molar-refractivity contribution in [2.45, 2.75) is 44.9 Å². The highest BCUT2D eigenvalue weighted by Gasteiger charge is 2.47. The third-order valence-electron chi connectivity index (χ3n) is 3.97. The van der Waals surface area contributed by atoms with Gasteiger partial charge in [-0.1, -0.05) is 25.0 Å². The van der Waals surface area contributed by atoms with E-state index in [9.17, 15) is 9.90 Å². The molecule has 1 saturated carbocycles. The molecule has 0 saturated heterocycles. The van der Waals surface area contributed by atoms with Crippen LogP contribution in [0.2, 0.25) is 0 Å². The van der Waals surface area contributed by atoms with Gasteiger partial charge in [-0.15, -0.1) is 0 Å². The lowest BCUT2D eigenvalue weighted by atomic mass is 9.69. The highest BCUT2D eigenvalue weighted by atomic mass is 16.4. The van der Waals surface area contributed by atoms with Crippen LogP contribution in [0.5, 0.6) is 0 Å². The predicted molar refractivity (Wildman–Crippen MR) is 55.0 cm³/mol. The Bertz CT molecular complexity index is 249. The summed E-state index contributed by atoms with van der Waals surface area (Å²) in [6, 6.07) is 0. The topological polar surface area (TPSA) is 37.3 Å². The van der Waals surface area contributed by atoms with Gasteiger partial charge in [0, 0.05) is 0 Å². The van der Waals surface area contributed by atoms with Crippen molar-refractivity contribution in [2.24, 2.45) is 11.3 Å². The molecule has 1 unspecified atom stereocenters. The second-order valence-corrected chi connectivity index (χ2v) is 4.65. The molecule has 14 heavy (non-hydrogen) atoms. The van der Waals surface area contributed by atoms with Crippen molar-refractivity contribution in [3.05, 3.63) is 12.2 Å². The van der Waals surface area contributed by atoms with Gasteiger partial charge in [0.15, 0.2) is 0 Å². The van der Waals surface area contributed by atoms with Gasteiger partial charge in [-0.2, -0.15) is 0 Å². The average molecular weight is 194 g/mol. The molecule has 0 radical (unpaired) electrons. The van der Waals surface area contributed by atoms with E-state index in [1.165, 1.54) is 0 Å². The Morgan fingerprint density at radius 2 is 2.00 bits per heavy atom. The summed E-state index contributed by atoms with van der Waals surface area (Å²) in [5.41, 5.74) is -0.370. The quantitative estimate of drug-likeness (QED) is 0.686. The van der Waals surface area contributed by atoms with Crippen molar-refractivity contribution in [3.8, 4) is 0 Å². The van der Waals surface area contributed by atoms with E-state index >= 15 is 0 Å². The zero-order valence-electron chi connectivity index (χ0n) is 8.54. The Balaban J connectivity index is 2.17. The van der Waals surface area contributed by atoms with Crippen LogP contribution < -0.4 is 0 Å². The van der Waals surface area contributed by atoms with Crippen LogP contribution in [0.25, 0.3) is 0 Å². The van der Waals surface area contributed by atoms with Crippen molar-refractivity contribution in [2.75, 3.05) is 0 Å². The van der Waals surface area contributed by atoms with Gasteiger partial charge in [0.1, 0.15) is 0 Å². The first kappa shape index (κ1) is 9.75. The van der Waals surface area contributed by atoms with Crippen LogP contribution >= 0.6 is 0 Å². The van der Waals surface area contributed by atoms with Crippen LogP contribution in [0.15, 0.2) is 12.2 Å². The van der Waals surface area contributed by atoms with Crippen molar-refractivity contribution in [1.82, 2.24) is 0 Å². The Morgan fingerprint density at radius 1 is 1.29 bits per heavy atom. The second-order valence-electron chi connectivity index (χ2n) is 4.65. The first-order valence-electron chi connectivity index (χ1n) is 5.64. The zero-order valence-corrected chi connectivity index (χ0v) is 8.54. The van der Waals surface area contributed by atoms with Crippen LogP contribution in [-0.4, -0.2) is 11.1 Å². The molecule has 0 aromatic heterocycles. The van der Waals surface area contributed by atoms with E-state index in [1.54, 1.807) is 0 Å². The Labute approximate surface area is 85.0 Å². The number of carboxylic acid groups (broad SMARTS) is 1. The van der Waals surface area contributed by atoms with Crippen molar-refractivity contribution in [1.29, 1.82) is 0 Å². The van der Waals surface area contributed by atoms with Gasteiger partial charge >= 0.3 is 5.97 Å². The maximum atomic E-state index is 11.4. The Hall–Kier alpha value is -0.790. The number of carbonyl (C=O) groups is 1. The number of allylic oxidation sites excluding steroid dienone is 2. The Kier molecular flexibility index (Phi) is 2.62. The summed E-state index contributed by atoms with van der Waals surface area (Å²) in [5.74, 6) is -0.150. The summed E-state index contributed by atoms with van der Waals surface area (Å²) < 4.78 is 0. The SMILES string of the molecule is O=C(O)C1(C2CC=CCC2)CCCC1. The maximum absolute atomic E-state index is 11.4. The van der Waals surface area contributed by atoms with Gasteiger partial charge in [-0.05, 0) is 38.0 Å². The van der Waals surface area contributed by atoms with Gasteiger partial charge in [0.05, 0.1) is 5.41 Å². The number of hydrogen-bond donors (Lipinski definition) is 1. The molecular weight excluding hydrogens is 176 g/mol. The molecule has 2 heteroatoms. The summed E-state index contributed by atoms with van der Waals surface area (Å²) in [4.78, 5) is 11.4. The average Bonchev–Trinajstić information content (AvgIpc) is 2.69.